The van der Waals surface area contributed by atoms with Gasteiger partial charge in [-0.2, -0.15) is 0 Å². The van der Waals surface area contributed by atoms with E-state index in [0.29, 0.717) is 0 Å². The molecule has 0 spiro atoms. The van der Waals surface area contributed by atoms with Gasteiger partial charge in [0, 0.05) is 10.2 Å². The summed E-state index contributed by atoms with van der Waals surface area (Å²) in [6.45, 7) is 0. The fourth-order valence-electron chi connectivity index (χ4n) is 2.11. The second-order valence-electron chi connectivity index (χ2n) is 4.23. The number of carbonyl (C=O) groups excluding carboxylic acids is 1. The first-order chi connectivity index (χ1) is 9.70. The van der Waals surface area contributed by atoms with Gasteiger partial charge in [0.05, 0.1) is 18.1 Å². The van der Waals surface area contributed by atoms with Crippen molar-refractivity contribution < 1.29 is 9.53 Å². The van der Waals surface area contributed by atoms with Crippen LogP contribution in [-0.2, 0) is 4.74 Å². The normalized spacial score (nSPS) is 10.7. The Kier molecular flexibility index (Phi) is 3.28. The number of para-hydroxylation sites is 2. The van der Waals surface area contributed by atoms with Crippen LogP contribution < -0.4 is 0 Å². The Morgan fingerprint density at radius 3 is 2.55 bits per heavy atom. The summed E-state index contributed by atoms with van der Waals surface area (Å²) in [5.74, 6) is -0.180. The average Bonchev–Trinajstić information content (AvgIpc) is 2.87. The highest BCUT2D eigenvalue weighted by Crippen LogP contribution is 2.23. The number of fused-ring (bicyclic) bond motifs is 1. The Morgan fingerprint density at radius 1 is 1.15 bits per heavy atom. The zero-order valence-electron chi connectivity index (χ0n) is 10.7. The van der Waals surface area contributed by atoms with Crippen molar-refractivity contribution in [3.05, 3.63) is 58.8 Å². The van der Waals surface area contributed by atoms with E-state index in [4.69, 9.17) is 4.74 Å². The highest BCUT2D eigenvalue weighted by Gasteiger charge is 2.18. The fraction of sp³-hybridized carbons (Fsp3) is 0.0667. The number of esters is 1. The first-order valence-corrected chi connectivity index (χ1v) is 6.82. The topological polar surface area (TPSA) is 44.1 Å². The molecule has 0 fully saturated rings. The molecular formula is C15H11BrN2O2. The van der Waals surface area contributed by atoms with Gasteiger partial charge in [0.2, 0.25) is 5.82 Å². The lowest BCUT2D eigenvalue weighted by atomic mass is 10.3. The van der Waals surface area contributed by atoms with Gasteiger partial charge in [-0.15, -0.1) is 0 Å². The number of nitrogens with zero attached hydrogens (tertiary/aromatic N) is 2. The Hall–Kier alpha value is -2.14. The summed E-state index contributed by atoms with van der Waals surface area (Å²) in [6.07, 6.45) is 0. The molecule has 0 bridgehead atoms. The van der Waals surface area contributed by atoms with Gasteiger partial charge in [-0.3, -0.25) is 4.57 Å². The minimum Gasteiger partial charge on any atom is -0.463 e. The average molecular weight is 331 g/mol. The lowest BCUT2D eigenvalue weighted by molar-refractivity contribution is 0.0585. The van der Waals surface area contributed by atoms with E-state index in [1.807, 2.05) is 48.5 Å². The van der Waals surface area contributed by atoms with Crippen LogP contribution in [0.3, 0.4) is 0 Å². The molecule has 0 aliphatic heterocycles. The third-order valence-corrected chi connectivity index (χ3v) is 3.54. The van der Waals surface area contributed by atoms with Gasteiger partial charge < -0.3 is 4.74 Å². The molecule has 0 atom stereocenters. The van der Waals surface area contributed by atoms with Crippen LogP contribution in [0.2, 0.25) is 0 Å². The molecule has 3 aromatic rings. The maximum Gasteiger partial charge on any atom is 0.374 e. The van der Waals surface area contributed by atoms with Crippen LogP contribution in [0.5, 0.6) is 0 Å². The molecule has 0 radical (unpaired) electrons. The van der Waals surface area contributed by atoms with Crippen LogP contribution >= 0.6 is 15.9 Å². The van der Waals surface area contributed by atoms with Crippen molar-refractivity contribution in [3.63, 3.8) is 0 Å². The molecule has 0 aliphatic rings. The Bertz CT molecular complexity index is 778. The summed E-state index contributed by atoms with van der Waals surface area (Å²) in [6, 6.07) is 15.3. The molecule has 1 aromatic heterocycles. The fourth-order valence-corrected chi connectivity index (χ4v) is 2.37. The highest BCUT2D eigenvalue weighted by atomic mass is 79.9. The summed E-state index contributed by atoms with van der Waals surface area (Å²) < 4.78 is 7.60. The number of ether oxygens (including phenoxy) is 1. The monoisotopic (exact) mass is 330 g/mol. The number of halogens is 1. The van der Waals surface area contributed by atoms with Crippen LogP contribution in [0.25, 0.3) is 16.7 Å². The van der Waals surface area contributed by atoms with E-state index >= 15 is 0 Å². The molecule has 0 N–H and O–H groups in total. The van der Waals surface area contributed by atoms with Crippen LogP contribution in [0.4, 0.5) is 0 Å². The van der Waals surface area contributed by atoms with Crippen molar-refractivity contribution in [2.45, 2.75) is 0 Å². The zero-order chi connectivity index (χ0) is 14.1. The number of hydrogen-bond donors (Lipinski definition) is 0. The van der Waals surface area contributed by atoms with Crippen LogP contribution in [0.15, 0.2) is 53.0 Å². The van der Waals surface area contributed by atoms with Gasteiger partial charge in [-0.05, 0) is 36.4 Å². The maximum absolute atomic E-state index is 11.9. The first kappa shape index (κ1) is 12.9. The molecule has 2 aromatic carbocycles. The van der Waals surface area contributed by atoms with E-state index in [-0.39, 0.29) is 5.82 Å². The van der Waals surface area contributed by atoms with Crippen LogP contribution in [0.1, 0.15) is 10.6 Å². The summed E-state index contributed by atoms with van der Waals surface area (Å²) in [5.41, 5.74) is 2.49. The van der Waals surface area contributed by atoms with Crippen molar-refractivity contribution in [3.8, 4) is 5.69 Å². The number of aromatic nitrogens is 2. The SMILES string of the molecule is COC(=O)c1nc2ccccc2n1-c1ccc(Br)cc1. The van der Waals surface area contributed by atoms with Crippen molar-refractivity contribution >= 4 is 32.9 Å². The third-order valence-electron chi connectivity index (χ3n) is 3.01. The number of benzene rings is 2. The molecular weight excluding hydrogens is 320 g/mol. The standard InChI is InChI=1S/C15H11BrN2O2/c1-20-15(19)14-17-12-4-2-3-5-13(12)18(14)11-8-6-10(16)7-9-11/h2-9H,1H3. The molecule has 0 amide bonds. The molecule has 5 heteroatoms. The van der Waals surface area contributed by atoms with Gasteiger partial charge in [-0.1, -0.05) is 28.1 Å². The van der Waals surface area contributed by atoms with E-state index in [0.717, 1.165) is 21.2 Å². The predicted octanol–water partition coefficient (Wildman–Crippen LogP) is 3.57. The largest absolute Gasteiger partial charge is 0.463 e. The number of rotatable bonds is 2. The first-order valence-electron chi connectivity index (χ1n) is 6.02. The molecule has 100 valence electrons. The van der Waals surface area contributed by atoms with Gasteiger partial charge in [0.15, 0.2) is 0 Å². The Labute approximate surface area is 124 Å². The number of carbonyl (C=O) groups is 1. The van der Waals surface area contributed by atoms with Crippen molar-refractivity contribution in [2.75, 3.05) is 7.11 Å². The number of imidazole rings is 1. The minimum atomic E-state index is -0.455. The molecule has 3 rings (SSSR count). The predicted molar refractivity (Wildman–Crippen MR) is 80.1 cm³/mol. The van der Waals surface area contributed by atoms with Gasteiger partial charge in [-0.25, -0.2) is 9.78 Å². The highest BCUT2D eigenvalue weighted by molar-refractivity contribution is 9.10. The lowest BCUT2D eigenvalue weighted by Gasteiger charge is -2.08. The van der Waals surface area contributed by atoms with Crippen LogP contribution in [-0.4, -0.2) is 22.6 Å². The summed E-state index contributed by atoms with van der Waals surface area (Å²) in [4.78, 5) is 16.3. The van der Waals surface area contributed by atoms with E-state index < -0.39 is 5.97 Å². The Balaban J connectivity index is 2.31. The zero-order valence-corrected chi connectivity index (χ0v) is 12.3. The van der Waals surface area contributed by atoms with E-state index in [1.54, 1.807) is 4.57 Å². The minimum absolute atomic E-state index is 0.274. The van der Waals surface area contributed by atoms with Crippen molar-refractivity contribution in [1.82, 2.24) is 9.55 Å². The molecule has 0 aliphatic carbocycles. The molecule has 0 unspecified atom stereocenters. The summed E-state index contributed by atoms with van der Waals surface area (Å²) in [7, 11) is 1.35. The Morgan fingerprint density at radius 2 is 1.85 bits per heavy atom. The molecule has 4 nitrogen and oxygen atoms in total. The van der Waals surface area contributed by atoms with Gasteiger partial charge in [0.1, 0.15) is 0 Å². The smallest absolute Gasteiger partial charge is 0.374 e. The van der Waals surface area contributed by atoms with E-state index in [1.165, 1.54) is 7.11 Å². The lowest BCUT2D eigenvalue weighted by Crippen LogP contribution is -2.10. The van der Waals surface area contributed by atoms with E-state index in [2.05, 4.69) is 20.9 Å². The molecule has 0 saturated carbocycles. The van der Waals surface area contributed by atoms with Crippen molar-refractivity contribution in [2.24, 2.45) is 0 Å². The summed E-state index contributed by atoms with van der Waals surface area (Å²) in [5, 5.41) is 0. The quantitative estimate of drug-likeness (QED) is 0.674. The third kappa shape index (κ3) is 2.10. The second kappa shape index (κ2) is 5.09. The molecule has 0 saturated heterocycles. The van der Waals surface area contributed by atoms with Gasteiger partial charge >= 0.3 is 5.97 Å². The van der Waals surface area contributed by atoms with Gasteiger partial charge in [0.25, 0.3) is 0 Å². The number of hydrogen-bond acceptors (Lipinski definition) is 3. The molecule has 1 heterocycles. The van der Waals surface area contributed by atoms with Crippen LogP contribution in [0, 0.1) is 0 Å². The summed E-state index contributed by atoms with van der Waals surface area (Å²) >= 11 is 3.40. The van der Waals surface area contributed by atoms with E-state index in [9.17, 15) is 4.79 Å². The second-order valence-corrected chi connectivity index (χ2v) is 5.14. The maximum atomic E-state index is 11.9. The molecule has 20 heavy (non-hydrogen) atoms. The number of methoxy groups -OCH3 is 1. The van der Waals surface area contributed by atoms with Crippen molar-refractivity contribution in [1.29, 1.82) is 0 Å².